The summed E-state index contributed by atoms with van der Waals surface area (Å²) in [6.45, 7) is 4.21. The predicted octanol–water partition coefficient (Wildman–Crippen LogP) is 1.72. The van der Waals surface area contributed by atoms with Crippen molar-refractivity contribution in [3.63, 3.8) is 0 Å². The Balaban J connectivity index is 1.98. The first-order chi connectivity index (χ1) is 8.90. The summed E-state index contributed by atoms with van der Waals surface area (Å²) in [6, 6.07) is 3.30. The highest BCUT2D eigenvalue weighted by molar-refractivity contribution is 5.90. The lowest BCUT2D eigenvalue weighted by molar-refractivity contribution is -0.146. The Morgan fingerprint density at radius 2 is 2.21 bits per heavy atom. The summed E-state index contributed by atoms with van der Waals surface area (Å²) >= 11 is 0. The van der Waals surface area contributed by atoms with Crippen molar-refractivity contribution < 1.29 is 14.7 Å². The van der Waals surface area contributed by atoms with Crippen LogP contribution in [-0.2, 0) is 4.79 Å². The second-order valence-electron chi connectivity index (χ2n) is 5.16. The van der Waals surface area contributed by atoms with Crippen LogP contribution in [0.15, 0.2) is 18.3 Å². The molecule has 2 amide bonds. The quantitative estimate of drug-likeness (QED) is 0.851. The molecule has 1 unspecified atom stereocenters. The van der Waals surface area contributed by atoms with E-state index < -0.39 is 11.4 Å². The van der Waals surface area contributed by atoms with Crippen LogP contribution in [0.25, 0.3) is 0 Å². The van der Waals surface area contributed by atoms with Crippen LogP contribution in [0.5, 0.6) is 0 Å². The SMILES string of the molecule is Cc1ccc(NC(=O)N2CCC(C)(C(=O)O)C2)cn1. The number of aliphatic carboxylic acids is 1. The Kier molecular flexibility index (Phi) is 3.42. The van der Waals surface area contributed by atoms with Crippen LogP contribution in [0.2, 0.25) is 0 Å². The number of carboxylic acids is 1. The fourth-order valence-electron chi connectivity index (χ4n) is 2.05. The average molecular weight is 263 g/mol. The number of nitrogens with one attached hydrogen (secondary N) is 1. The summed E-state index contributed by atoms with van der Waals surface area (Å²) in [6.07, 6.45) is 2.06. The van der Waals surface area contributed by atoms with Crippen LogP contribution >= 0.6 is 0 Å². The van der Waals surface area contributed by atoms with Crippen LogP contribution in [0.4, 0.5) is 10.5 Å². The second kappa shape index (κ2) is 4.87. The van der Waals surface area contributed by atoms with E-state index in [1.807, 2.05) is 6.92 Å². The van der Waals surface area contributed by atoms with Crippen LogP contribution < -0.4 is 5.32 Å². The van der Waals surface area contributed by atoms with Gasteiger partial charge in [0.2, 0.25) is 0 Å². The molecule has 1 aromatic rings. The third kappa shape index (κ3) is 2.83. The van der Waals surface area contributed by atoms with Gasteiger partial charge >= 0.3 is 12.0 Å². The first-order valence-electron chi connectivity index (χ1n) is 6.13. The zero-order valence-corrected chi connectivity index (χ0v) is 11.0. The highest BCUT2D eigenvalue weighted by Gasteiger charge is 2.42. The zero-order valence-electron chi connectivity index (χ0n) is 11.0. The van der Waals surface area contributed by atoms with Crippen molar-refractivity contribution >= 4 is 17.7 Å². The maximum atomic E-state index is 12.0. The summed E-state index contributed by atoms with van der Waals surface area (Å²) in [5.41, 5.74) is 0.639. The van der Waals surface area contributed by atoms with Crippen LogP contribution in [0.3, 0.4) is 0 Å². The number of aromatic nitrogens is 1. The standard InChI is InChI=1S/C13H17N3O3/c1-9-3-4-10(7-14-9)15-12(19)16-6-5-13(2,8-16)11(17)18/h3-4,7H,5-6,8H2,1-2H3,(H,15,19)(H,17,18). The Hall–Kier alpha value is -2.11. The topological polar surface area (TPSA) is 82.5 Å². The molecule has 1 saturated heterocycles. The summed E-state index contributed by atoms with van der Waals surface area (Å²) < 4.78 is 0. The first kappa shape index (κ1) is 13.3. The van der Waals surface area contributed by atoms with Gasteiger partial charge in [-0.05, 0) is 32.4 Å². The van der Waals surface area contributed by atoms with Crippen molar-refractivity contribution in [3.8, 4) is 0 Å². The van der Waals surface area contributed by atoms with E-state index in [1.54, 1.807) is 25.3 Å². The summed E-state index contributed by atoms with van der Waals surface area (Å²) in [4.78, 5) is 28.7. The molecule has 0 bridgehead atoms. The van der Waals surface area contributed by atoms with E-state index in [2.05, 4.69) is 10.3 Å². The Labute approximate surface area is 111 Å². The summed E-state index contributed by atoms with van der Waals surface area (Å²) in [5.74, 6) is -0.861. The second-order valence-corrected chi connectivity index (χ2v) is 5.16. The van der Waals surface area contributed by atoms with Gasteiger partial charge in [0.25, 0.3) is 0 Å². The molecule has 19 heavy (non-hydrogen) atoms. The van der Waals surface area contributed by atoms with Crippen molar-refractivity contribution in [2.45, 2.75) is 20.3 Å². The lowest BCUT2D eigenvalue weighted by Gasteiger charge is -2.20. The molecule has 0 spiro atoms. The molecule has 1 aromatic heterocycles. The van der Waals surface area contributed by atoms with Gasteiger partial charge in [0.15, 0.2) is 0 Å². The third-order valence-electron chi connectivity index (χ3n) is 3.44. The molecule has 6 heteroatoms. The zero-order chi connectivity index (χ0) is 14.0. The van der Waals surface area contributed by atoms with Crippen LogP contribution in [0.1, 0.15) is 19.0 Å². The molecule has 2 heterocycles. The van der Waals surface area contributed by atoms with Crippen LogP contribution in [0, 0.1) is 12.3 Å². The normalized spacial score (nSPS) is 22.3. The molecule has 6 nitrogen and oxygen atoms in total. The monoisotopic (exact) mass is 263 g/mol. The van der Waals surface area contributed by atoms with Gasteiger partial charge in [-0.15, -0.1) is 0 Å². The fourth-order valence-corrected chi connectivity index (χ4v) is 2.05. The molecular formula is C13H17N3O3. The molecular weight excluding hydrogens is 246 g/mol. The Bertz CT molecular complexity index is 500. The number of nitrogens with zero attached hydrogens (tertiary/aromatic N) is 2. The minimum Gasteiger partial charge on any atom is -0.481 e. The van der Waals surface area contributed by atoms with E-state index in [0.29, 0.717) is 18.7 Å². The van der Waals surface area contributed by atoms with E-state index in [0.717, 1.165) is 5.69 Å². The van der Waals surface area contributed by atoms with E-state index in [-0.39, 0.29) is 12.6 Å². The van der Waals surface area contributed by atoms with Gasteiger partial charge in [0.05, 0.1) is 17.3 Å². The fraction of sp³-hybridized carbons (Fsp3) is 0.462. The molecule has 0 saturated carbocycles. The van der Waals surface area contributed by atoms with Crippen molar-refractivity contribution in [2.24, 2.45) is 5.41 Å². The van der Waals surface area contributed by atoms with Gasteiger partial charge in [-0.2, -0.15) is 0 Å². The Morgan fingerprint density at radius 1 is 1.47 bits per heavy atom. The van der Waals surface area contributed by atoms with Gasteiger partial charge in [-0.3, -0.25) is 9.78 Å². The molecule has 1 aliphatic heterocycles. The Morgan fingerprint density at radius 3 is 2.74 bits per heavy atom. The molecule has 2 rings (SSSR count). The number of amides is 2. The molecule has 0 aromatic carbocycles. The van der Waals surface area contributed by atoms with Gasteiger partial charge in [0.1, 0.15) is 0 Å². The smallest absolute Gasteiger partial charge is 0.321 e. The molecule has 1 aliphatic rings. The van der Waals surface area contributed by atoms with Gasteiger partial charge < -0.3 is 15.3 Å². The van der Waals surface area contributed by atoms with E-state index in [9.17, 15) is 9.59 Å². The molecule has 0 radical (unpaired) electrons. The number of aryl methyl sites for hydroxylation is 1. The van der Waals surface area contributed by atoms with Crippen molar-refractivity contribution in [3.05, 3.63) is 24.0 Å². The van der Waals surface area contributed by atoms with Gasteiger partial charge in [-0.1, -0.05) is 0 Å². The summed E-state index contributed by atoms with van der Waals surface area (Å²) in [5, 5.41) is 11.8. The van der Waals surface area contributed by atoms with Crippen molar-refractivity contribution in [2.75, 3.05) is 18.4 Å². The number of likely N-dealkylation sites (tertiary alicyclic amines) is 1. The average Bonchev–Trinajstić information content (AvgIpc) is 2.76. The summed E-state index contributed by atoms with van der Waals surface area (Å²) in [7, 11) is 0. The number of carbonyl (C=O) groups excluding carboxylic acids is 1. The number of hydrogen-bond acceptors (Lipinski definition) is 3. The van der Waals surface area contributed by atoms with Gasteiger partial charge in [-0.25, -0.2) is 4.79 Å². The maximum absolute atomic E-state index is 12.0. The number of carboxylic acid groups (broad SMARTS) is 1. The number of pyridine rings is 1. The molecule has 102 valence electrons. The maximum Gasteiger partial charge on any atom is 0.321 e. The number of urea groups is 1. The van der Waals surface area contributed by atoms with E-state index in [1.165, 1.54) is 4.90 Å². The lowest BCUT2D eigenvalue weighted by atomic mass is 9.90. The largest absolute Gasteiger partial charge is 0.481 e. The number of anilines is 1. The minimum atomic E-state index is -0.861. The molecule has 0 aliphatic carbocycles. The minimum absolute atomic E-state index is 0.230. The van der Waals surface area contributed by atoms with Crippen LogP contribution in [-0.4, -0.2) is 40.1 Å². The van der Waals surface area contributed by atoms with E-state index >= 15 is 0 Å². The van der Waals surface area contributed by atoms with Crippen molar-refractivity contribution in [1.82, 2.24) is 9.88 Å². The molecule has 1 atom stereocenters. The number of rotatable bonds is 2. The number of carbonyl (C=O) groups is 2. The third-order valence-corrected chi connectivity index (χ3v) is 3.44. The lowest BCUT2D eigenvalue weighted by Crippen LogP contribution is -2.37. The first-order valence-corrected chi connectivity index (χ1v) is 6.13. The number of hydrogen-bond donors (Lipinski definition) is 2. The van der Waals surface area contributed by atoms with E-state index in [4.69, 9.17) is 5.11 Å². The highest BCUT2D eigenvalue weighted by atomic mass is 16.4. The molecule has 1 fully saturated rings. The highest BCUT2D eigenvalue weighted by Crippen LogP contribution is 2.30. The van der Waals surface area contributed by atoms with Crippen molar-refractivity contribution in [1.29, 1.82) is 0 Å². The molecule has 2 N–H and O–H groups in total. The van der Waals surface area contributed by atoms with Gasteiger partial charge in [0, 0.05) is 18.8 Å². The predicted molar refractivity (Wildman–Crippen MR) is 69.9 cm³/mol.